The summed E-state index contributed by atoms with van der Waals surface area (Å²) in [5, 5.41) is 3.28. The standard InChI is InChI=1S/C15H22N2O3/c1-19-15(18)14(13-5-3-2-4-6-13)16-7-8-17-9-11-20-12-10-17/h2-6,14,16H,7-12H2,1H3. The van der Waals surface area contributed by atoms with Crippen LogP contribution >= 0.6 is 0 Å². The van der Waals surface area contributed by atoms with Crippen LogP contribution in [0.3, 0.4) is 0 Å². The molecule has 1 aromatic rings. The summed E-state index contributed by atoms with van der Waals surface area (Å²) in [7, 11) is 1.42. The van der Waals surface area contributed by atoms with E-state index in [1.54, 1.807) is 0 Å². The summed E-state index contributed by atoms with van der Waals surface area (Å²) in [5.41, 5.74) is 0.932. The van der Waals surface area contributed by atoms with Crippen molar-refractivity contribution in [1.82, 2.24) is 10.2 Å². The summed E-state index contributed by atoms with van der Waals surface area (Å²) in [6.45, 7) is 5.14. The van der Waals surface area contributed by atoms with Crippen molar-refractivity contribution in [2.24, 2.45) is 0 Å². The Hall–Kier alpha value is -1.43. The Morgan fingerprint density at radius 3 is 2.70 bits per heavy atom. The molecule has 0 aliphatic carbocycles. The lowest BCUT2D eigenvalue weighted by molar-refractivity contribution is -0.143. The third kappa shape index (κ3) is 4.30. The summed E-state index contributed by atoms with van der Waals surface area (Å²) >= 11 is 0. The fourth-order valence-corrected chi connectivity index (χ4v) is 2.29. The zero-order chi connectivity index (χ0) is 14.2. The molecule has 0 aromatic heterocycles. The van der Waals surface area contributed by atoms with Crippen molar-refractivity contribution in [3.63, 3.8) is 0 Å². The minimum Gasteiger partial charge on any atom is -0.468 e. The summed E-state index contributed by atoms with van der Waals surface area (Å²) in [6, 6.07) is 9.25. The molecule has 5 heteroatoms. The number of nitrogens with one attached hydrogen (secondary N) is 1. The number of benzene rings is 1. The molecular formula is C15H22N2O3. The van der Waals surface area contributed by atoms with Crippen LogP contribution in [0.5, 0.6) is 0 Å². The van der Waals surface area contributed by atoms with Crippen LogP contribution in [0.15, 0.2) is 30.3 Å². The van der Waals surface area contributed by atoms with Gasteiger partial charge in [0.15, 0.2) is 0 Å². The number of ether oxygens (including phenoxy) is 2. The summed E-state index contributed by atoms with van der Waals surface area (Å²) in [6.07, 6.45) is 0. The van der Waals surface area contributed by atoms with Crippen LogP contribution in [0.1, 0.15) is 11.6 Å². The van der Waals surface area contributed by atoms with Crippen LogP contribution in [0.4, 0.5) is 0 Å². The lowest BCUT2D eigenvalue weighted by Gasteiger charge is -2.27. The monoisotopic (exact) mass is 278 g/mol. The molecule has 0 amide bonds. The first-order chi connectivity index (χ1) is 9.81. The van der Waals surface area contributed by atoms with E-state index >= 15 is 0 Å². The van der Waals surface area contributed by atoms with Gasteiger partial charge in [-0.3, -0.25) is 10.2 Å². The number of carbonyl (C=O) groups excluding carboxylic acids is 1. The van der Waals surface area contributed by atoms with Crippen LogP contribution < -0.4 is 5.32 Å². The van der Waals surface area contributed by atoms with Crippen LogP contribution in [0.2, 0.25) is 0 Å². The minimum atomic E-state index is -0.401. The highest BCUT2D eigenvalue weighted by atomic mass is 16.5. The van der Waals surface area contributed by atoms with Gasteiger partial charge in [0.25, 0.3) is 0 Å². The summed E-state index contributed by atoms with van der Waals surface area (Å²) in [5.74, 6) is -0.252. The first-order valence-corrected chi connectivity index (χ1v) is 6.97. The molecule has 0 radical (unpaired) electrons. The van der Waals surface area contributed by atoms with E-state index in [9.17, 15) is 4.79 Å². The molecule has 5 nitrogen and oxygen atoms in total. The van der Waals surface area contributed by atoms with Gasteiger partial charge in [0.05, 0.1) is 20.3 Å². The smallest absolute Gasteiger partial charge is 0.327 e. The van der Waals surface area contributed by atoms with Crippen molar-refractivity contribution in [3.05, 3.63) is 35.9 Å². The third-order valence-corrected chi connectivity index (χ3v) is 3.45. The predicted molar refractivity (Wildman–Crippen MR) is 76.5 cm³/mol. The maximum absolute atomic E-state index is 11.9. The van der Waals surface area contributed by atoms with E-state index in [0.29, 0.717) is 0 Å². The first-order valence-electron chi connectivity index (χ1n) is 6.97. The van der Waals surface area contributed by atoms with Crippen molar-refractivity contribution < 1.29 is 14.3 Å². The SMILES string of the molecule is COC(=O)C(NCCN1CCOCC1)c1ccccc1. The van der Waals surface area contributed by atoms with Gasteiger partial charge < -0.3 is 9.47 Å². The van der Waals surface area contributed by atoms with E-state index in [1.807, 2.05) is 30.3 Å². The molecule has 2 rings (SSSR count). The number of hydrogen-bond acceptors (Lipinski definition) is 5. The molecule has 1 heterocycles. The molecule has 1 aliphatic rings. The Morgan fingerprint density at radius 2 is 2.05 bits per heavy atom. The minimum absolute atomic E-state index is 0.252. The zero-order valence-corrected chi connectivity index (χ0v) is 11.9. The average molecular weight is 278 g/mol. The Balaban J connectivity index is 1.86. The van der Waals surface area contributed by atoms with Gasteiger partial charge in [0.2, 0.25) is 0 Å². The number of esters is 1. The van der Waals surface area contributed by atoms with Crippen LogP contribution in [-0.2, 0) is 14.3 Å². The molecule has 1 atom stereocenters. The zero-order valence-electron chi connectivity index (χ0n) is 11.9. The van der Waals surface area contributed by atoms with E-state index in [-0.39, 0.29) is 5.97 Å². The van der Waals surface area contributed by atoms with Crippen molar-refractivity contribution in [2.45, 2.75) is 6.04 Å². The van der Waals surface area contributed by atoms with Crippen molar-refractivity contribution in [3.8, 4) is 0 Å². The first kappa shape index (κ1) is 15.0. The topological polar surface area (TPSA) is 50.8 Å². The maximum Gasteiger partial charge on any atom is 0.327 e. The van der Waals surface area contributed by atoms with Crippen molar-refractivity contribution in [2.75, 3.05) is 46.5 Å². The molecule has 20 heavy (non-hydrogen) atoms. The number of carbonyl (C=O) groups is 1. The molecule has 110 valence electrons. The van der Waals surface area contributed by atoms with E-state index in [2.05, 4.69) is 10.2 Å². The molecule has 0 spiro atoms. The highest BCUT2D eigenvalue weighted by Crippen LogP contribution is 2.13. The van der Waals surface area contributed by atoms with Crippen molar-refractivity contribution >= 4 is 5.97 Å². The number of hydrogen-bond donors (Lipinski definition) is 1. The van der Waals surface area contributed by atoms with Crippen molar-refractivity contribution in [1.29, 1.82) is 0 Å². The highest BCUT2D eigenvalue weighted by Gasteiger charge is 2.20. The Bertz CT molecular complexity index is 405. The molecule has 1 aromatic carbocycles. The Kier molecular flexibility index (Phi) is 5.98. The average Bonchev–Trinajstić information content (AvgIpc) is 2.53. The fourth-order valence-electron chi connectivity index (χ4n) is 2.29. The normalized spacial score (nSPS) is 17.6. The van der Waals surface area contributed by atoms with Crippen LogP contribution in [-0.4, -0.2) is 57.4 Å². The molecule has 1 saturated heterocycles. The second kappa shape index (κ2) is 7.99. The van der Waals surface area contributed by atoms with E-state index in [4.69, 9.17) is 9.47 Å². The molecule has 0 saturated carbocycles. The maximum atomic E-state index is 11.9. The number of methoxy groups -OCH3 is 1. The van der Waals surface area contributed by atoms with Gasteiger partial charge >= 0.3 is 5.97 Å². The van der Waals surface area contributed by atoms with E-state index < -0.39 is 6.04 Å². The molecular weight excluding hydrogens is 256 g/mol. The van der Waals surface area contributed by atoms with Gasteiger partial charge in [0.1, 0.15) is 6.04 Å². The lowest BCUT2D eigenvalue weighted by atomic mass is 10.1. The predicted octanol–water partition coefficient (Wildman–Crippen LogP) is 0.823. The number of nitrogens with zero attached hydrogens (tertiary/aromatic N) is 1. The second-order valence-corrected chi connectivity index (χ2v) is 4.77. The summed E-state index contributed by atoms with van der Waals surface area (Å²) < 4.78 is 10.2. The lowest BCUT2D eigenvalue weighted by Crippen LogP contribution is -2.42. The van der Waals surface area contributed by atoms with Gasteiger partial charge in [-0.15, -0.1) is 0 Å². The molecule has 0 bridgehead atoms. The highest BCUT2D eigenvalue weighted by molar-refractivity contribution is 5.77. The van der Waals surface area contributed by atoms with Gasteiger partial charge in [-0.25, -0.2) is 4.79 Å². The van der Waals surface area contributed by atoms with E-state index in [1.165, 1.54) is 7.11 Å². The third-order valence-electron chi connectivity index (χ3n) is 3.45. The largest absolute Gasteiger partial charge is 0.468 e. The van der Waals surface area contributed by atoms with Crippen LogP contribution in [0, 0.1) is 0 Å². The van der Waals surface area contributed by atoms with Gasteiger partial charge in [-0.1, -0.05) is 30.3 Å². The van der Waals surface area contributed by atoms with E-state index in [0.717, 1.165) is 45.0 Å². The Labute approximate surface area is 119 Å². The van der Waals surface area contributed by atoms with Gasteiger partial charge in [-0.2, -0.15) is 0 Å². The quantitative estimate of drug-likeness (QED) is 0.781. The van der Waals surface area contributed by atoms with Gasteiger partial charge in [0, 0.05) is 26.2 Å². The molecule has 1 unspecified atom stereocenters. The molecule has 1 N–H and O–H groups in total. The number of rotatable bonds is 6. The molecule has 1 fully saturated rings. The molecule has 1 aliphatic heterocycles. The summed E-state index contributed by atoms with van der Waals surface area (Å²) in [4.78, 5) is 14.2. The second-order valence-electron chi connectivity index (χ2n) is 4.77. The van der Waals surface area contributed by atoms with Crippen LogP contribution in [0.25, 0.3) is 0 Å². The Morgan fingerprint density at radius 1 is 1.35 bits per heavy atom. The van der Waals surface area contributed by atoms with Gasteiger partial charge in [-0.05, 0) is 5.56 Å². The number of morpholine rings is 1. The fraction of sp³-hybridized carbons (Fsp3) is 0.533.